The van der Waals surface area contributed by atoms with Gasteiger partial charge in [-0.05, 0) is 38.3 Å². The van der Waals surface area contributed by atoms with Gasteiger partial charge in [0.25, 0.3) is 11.8 Å². The highest BCUT2D eigenvalue weighted by molar-refractivity contribution is 7.91. The largest absolute Gasteiger partial charge is 0.454 e. The molecule has 1 atom stereocenters. The van der Waals surface area contributed by atoms with Crippen molar-refractivity contribution in [1.29, 1.82) is 0 Å². The summed E-state index contributed by atoms with van der Waals surface area (Å²) < 4.78 is 28.8. The highest BCUT2D eigenvalue weighted by atomic mass is 32.2. The molecule has 2 heterocycles. The maximum absolute atomic E-state index is 12.8. The van der Waals surface area contributed by atoms with Crippen LogP contribution in [0.15, 0.2) is 12.1 Å². The van der Waals surface area contributed by atoms with Gasteiger partial charge in [-0.3, -0.25) is 14.4 Å². The number of rotatable bonds is 7. The molecule has 0 unspecified atom stereocenters. The van der Waals surface area contributed by atoms with Crippen molar-refractivity contribution in [3.8, 4) is 0 Å². The van der Waals surface area contributed by atoms with Crippen molar-refractivity contribution in [2.75, 3.05) is 24.7 Å². The van der Waals surface area contributed by atoms with Crippen molar-refractivity contribution in [3.05, 3.63) is 21.9 Å². The second-order valence-electron chi connectivity index (χ2n) is 7.55. The van der Waals surface area contributed by atoms with E-state index in [1.165, 1.54) is 11.3 Å². The second-order valence-corrected chi connectivity index (χ2v) is 11.1. The van der Waals surface area contributed by atoms with Crippen LogP contribution in [-0.4, -0.2) is 67.8 Å². The van der Waals surface area contributed by atoms with Crippen molar-refractivity contribution in [2.24, 2.45) is 0 Å². The number of ether oxygens (including phenoxy) is 1. The van der Waals surface area contributed by atoms with Gasteiger partial charge in [0.2, 0.25) is 0 Å². The summed E-state index contributed by atoms with van der Waals surface area (Å²) in [5.74, 6) is -1.38. The molecule has 2 aliphatic rings. The predicted octanol–water partition coefficient (Wildman–Crippen LogP) is 1.29. The van der Waals surface area contributed by atoms with E-state index in [2.05, 4.69) is 5.32 Å². The van der Waals surface area contributed by atoms with Gasteiger partial charge in [-0.2, -0.15) is 0 Å². The molecule has 0 radical (unpaired) electrons. The standard InChI is InChI=1S/C19H26N2O6S2/c1-13-6-7-16(28-13)19(24)20-10-18(23)27-11-17(22)21(14-4-2-3-5-14)15-8-9-29(25,26)12-15/h6-7,14-15H,2-5,8-12H2,1H3,(H,20,24)/t15-/m0/s1. The van der Waals surface area contributed by atoms with Crippen LogP contribution < -0.4 is 5.32 Å². The maximum atomic E-state index is 12.8. The molecule has 1 aromatic heterocycles. The zero-order chi connectivity index (χ0) is 21.0. The molecule has 0 bridgehead atoms. The number of sulfone groups is 1. The lowest BCUT2D eigenvalue weighted by Gasteiger charge is -2.33. The van der Waals surface area contributed by atoms with Gasteiger partial charge in [-0.1, -0.05) is 12.8 Å². The van der Waals surface area contributed by atoms with Crippen LogP contribution in [0.1, 0.15) is 46.7 Å². The van der Waals surface area contributed by atoms with Crippen LogP contribution >= 0.6 is 11.3 Å². The molecule has 10 heteroatoms. The number of thiophene rings is 1. The fourth-order valence-corrected chi connectivity index (χ4v) is 6.44. The minimum Gasteiger partial charge on any atom is -0.454 e. The summed E-state index contributed by atoms with van der Waals surface area (Å²) >= 11 is 1.32. The normalized spacial score (nSPS) is 21.1. The van der Waals surface area contributed by atoms with Crippen LogP contribution in [0.4, 0.5) is 0 Å². The Hall–Kier alpha value is -1.94. The number of carbonyl (C=O) groups excluding carboxylic acids is 3. The Kier molecular flexibility index (Phi) is 6.94. The van der Waals surface area contributed by atoms with E-state index in [0.29, 0.717) is 11.3 Å². The Morgan fingerprint density at radius 2 is 1.90 bits per heavy atom. The summed E-state index contributed by atoms with van der Waals surface area (Å²) in [6, 6.07) is 3.15. The van der Waals surface area contributed by atoms with Gasteiger partial charge >= 0.3 is 5.97 Å². The van der Waals surface area contributed by atoms with E-state index in [4.69, 9.17) is 4.74 Å². The Labute approximate surface area is 174 Å². The van der Waals surface area contributed by atoms with E-state index in [9.17, 15) is 22.8 Å². The molecule has 160 valence electrons. The quantitative estimate of drug-likeness (QED) is 0.637. The summed E-state index contributed by atoms with van der Waals surface area (Å²) in [6.45, 7) is 1.11. The van der Waals surface area contributed by atoms with E-state index in [1.807, 2.05) is 13.0 Å². The smallest absolute Gasteiger partial charge is 0.325 e. The number of aryl methyl sites for hydroxylation is 1. The molecular weight excluding hydrogens is 416 g/mol. The topological polar surface area (TPSA) is 110 Å². The highest BCUT2D eigenvalue weighted by Gasteiger charge is 2.39. The lowest BCUT2D eigenvalue weighted by Crippen LogP contribution is -2.48. The van der Waals surface area contributed by atoms with E-state index >= 15 is 0 Å². The lowest BCUT2D eigenvalue weighted by molar-refractivity contribution is -0.153. The van der Waals surface area contributed by atoms with Crippen molar-refractivity contribution < 1.29 is 27.5 Å². The molecule has 2 amide bonds. The molecule has 1 N–H and O–H groups in total. The van der Waals surface area contributed by atoms with Crippen LogP contribution in [0.25, 0.3) is 0 Å². The number of nitrogens with zero attached hydrogens (tertiary/aromatic N) is 1. The molecule has 1 aliphatic heterocycles. The molecule has 0 aromatic carbocycles. The van der Waals surface area contributed by atoms with E-state index in [0.717, 1.165) is 30.6 Å². The summed E-state index contributed by atoms with van der Waals surface area (Å²) in [7, 11) is -3.13. The van der Waals surface area contributed by atoms with Gasteiger partial charge in [0, 0.05) is 17.0 Å². The van der Waals surface area contributed by atoms with Gasteiger partial charge < -0.3 is 15.0 Å². The molecule has 1 saturated heterocycles. The van der Waals surface area contributed by atoms with Crippen LogP contribution in [0.3, 0.4) is 0 Å². The van der Waals surface area contributed by atoms with Crippen molar-refractivity contribution in [2.45, 2.75) is 51.1 Å². The number of amides is 2. The minimum absolute atomic E-state index is 0.00118. The molecule has 3 rings (SSSR count). The van der Waals surface area contributed by atoms with Crippen LogP contribution in [0.5, 0.6) is 0 Å². The minimum atomic E-state index is -3.13. The molecular formula is C19H26N2O6S2. The molecule has 1 aromatic rings. The van der Waals surface area contributed by atoms with Crippen LogP contribution in [0, 0.1) is 6.92 Å². The molecule has 1 saturated carbocycles. The third-order valence-electron chi connectivity index (χ3n) is 5.32. The molecule has 0 spiro atoms. The SMILES string of the molecule is Cc1ccc(C(=O)NCC(=O)OCC(=O)N(C2CCCC2)[C@H]2CCS(=O)(=O)C2)s1. The predicted molar refractivity (Wildman–Crippen MR) is 109 cm³/mol. The Bertz CT molecular complexity index is 873. The first-order valence-corrected chi connectivity index (χ1v) is 12.4. The average molecular weight is 443 g/mol. The molecule has 1 aliphatic carbocycles. The second kappa shape index (κ2) is 9.25. The van der Waals surface area contributed by atoms with Crippen molar-refractivity contribution in [3.63, 3.8) is 0 Å². The Morgan fingerprint density at radius 3 is 2.48 bits per heavy atom. The van der Waals surface area contributed by atoms with Gasteiger partial charge in [0.05, 0.1) is 16.4 Å². The van der Waals surface area contributed by atoms with Gasteiger partial charge in [-0.15, -0.1) is 11.3 Å². The number of hydrogen-bond acceptors (Lipinski definition) is 7. The molecule has 29 heavy (non-hydrogen) atoms. The number of carbonyl (C=O) groups is 3. The summed E-state index contributed by atoms with van der Waals surface area (Å²) in [5, 5.41) is 2.48. The average Bonchev–Trinajstić information content (AvgIpc) is 3.40. The summed E-state index contributed by atoms with van der Waals surface area (Å²) in [6.07, 6.45) is 4.11. The fraction of sp³-hybridized carbons (Fsp3) is 0.632. The highest BCUT2D eigenvalue weighted by Crippen LogP contribution is 2.29. The first-order chi connectivity index (χ1) is 13.7. The number of hydrogen-bond donors (Lipinski definition) is 1. The van der Waals surface area contributed by atoms with Gasteiger partial charge in [-0.25, -0.2) is 8.42 Å². The zero-order valence-electron chi connectivity index (χ0n) is 16.4. The first-order valence-electron chi connectivity index (χ1n) is 9.77. The van der Waals surface area contributed by atoms with Gasteiger partial charge in [0.1, 0.15) is 6.54 Å². The first kappa shape index (κ1) is 21.8. The zero-order valence-corrected chi connectivity index (χ0v) is 18.0. The third-order valence-corrected chi connectivity index (χ3v) is 8.07. The molecule has 2 fully saturated rings. The van der Waals surface area contributed by atoms with Crippen LogP contribution in [-0.2, 0) is 24.2 Å². The van der Waals surface area contributed by atoms with E-state index in [-0.39, 0.29) is 41.9 Å². The lowest BCUT2D eigenvalue weighted by atomic mass is 10.1. The van der Waals surface area contributed by atoms with E-state index in [1.54, 1.807) is 11.0 Å². The number of nitrogens with one attached hydrogen (secondary N) is 1. The fourth-order valence-electron chi connectivity index (χ4n) is 3.95. The summed E-state index contributed by atoms with van der Waals surface area (Å²) in [5.41, 5.74) is 0. The van der Waals surface area contributed by atoms with Crippen LogP contribution in [0.2, 0.25) is 0 Å². The van der Waals surface area contributed by atoms with E-state index < -0.39 is 22.4 Å². The Balaban J connectivity index is 1.51. The number of esters is 1. The monoisotopic (exact) mass is 442 g/mol. The van der Waals surface area contributed by atoms with Crippen molar-refractivity contribution >= 4 is 39.0 Å². The third kappa shape index (κ3) is 5.79. The summed E-state index contributed by atoms with van der Waals surface area (Å²) in [4.78, 5) is 39.8. The Morgan fingerprint density at radius 1 is 1.17 bits per heavy atom. The maximum Gasteiger partial charge on any atom is 0.325 e. The van der Waals surface area contributed by atoms with Crippen molar-refractivity contribution in [1.82, 2.24) is 10.2 Å². The van der Waals surface area contributed by atoms with Gasteiger partial charge in [0.15, 0.2) is 16.4 Å². The molecule has 8 nitrogen and oxygen atoms in total.